The van der Waals surface area contributed by atoms with Gasteiger partial charge < -0.3 is 10.1 Å². The number of benzene rings is 2. The molecule has 2 aromatic carbocycles. The predicted molar refractivity (Wildman–Crippen MR) is 110 cm³/mol. The van der Waals surface area contributed by atoms with E-state index in [0.29, 0.717) is 5.75 Å². The fourth-order valence-electron chi connectivity index (χ4n) is 2.73. The van der Waals surface area contributed by atoms with Crippen LogP contribution in [0.5, 0.6) is 5.75 Å². The number of hydrogen-bond donors (Lipinski definition) is 1. The highest BCUT2D eigenvalue weighted by atomic mass is 35.5. The van der Waals surface area contributed by atoms with Crippen LogP contribution in [0.3, 0.4) is 0 Å². The third kappa shape index (κ3) is 5.17. The maximum absolute atomic E-state index is 12.9. The molecule has 9 heteroatoms. The van der Waals surface area contributed by atoms with Gasteiger partial charge in [-0.15, -0.1) is 0 Å². The Bertz CT molecular complexity index is 951. The molecule has 0 aromatic heterocycles. The second kappa shape index (κ2) is 9.60. The van der Waals surface area contributed by atoms with E-state index in [-0.39, 0.29) is 34.1 Å². The Hall–Kier alpha value is -1.80. The lowest BCUT2D eigenvalue weighted by molar-refractivity contribution is -0.121. The summed E-state index contributed by atoms with van der Waals surface area (Å²) in [6.45, 7) is 3.20. The number of carbonyl (C=O) groups is 1. The molecule has 0 fully saturated rings. The van der Waals surface area contributed by atoms with Crippen LogP contribution in [-0.4, -0.2) is 38.8 Å². The second-order valence-corrected chi connectivity index (χ2v) is 8.79. The molecule has 0 aliphatic carbocycles. The van der Waals surface area contributed by atoms with E-state index in [1.807, 2.05) is 18.2 Å². The summed E-state index contributed by atoms with van der Waals surface area (Å²) in [5.74, 6) is 0.197. The van der Waals surface area contributed by atoms with Crippen molar-refractivity contribution in [2.45, 2.75) is 24.8 Å². The quantitative estimate of drug-likeness (QED) is 0.669. The van der Waals surface area contributed by atoms with E-state index in [0.717, 1.165) is 9.87 Å². The zero-order valence-corrected chi connectivity index (χ0v) is 18.1. The van der Waals surface area contributed by atoms with E-state index in [9.17, 15) is 13.2 Å². The molecular formula is C19H22Cl2N2O4S. The van der Waals surface area contributed by atoms with Crippen molar-refractivity contribution < 1.29 is 17.9 Å². The molecule has 1 amide bonds. The van der Waals surface area contributed by atoms with Crippen LogP contribution in [0.15, 0.2) is 47.4 Å². The van der Waals surface area contributed by atoms with Gasteiger partial charge in [-0.1, -0.05) is 48.3 Å². The molecule has 1 N–H and O–H groups in total. The summed E-state index contributed by atoms with van der Waals surface area (Å²) in [5.41, 5.74) is 0.794. The van der Waals surface area contributed by atoms with E-state index in [1.54, 1.807) is 27.0 Å². The molecule has 2 rings (SSSR count). The first-order chi connectivity index (χ1) is 13.2. The second-order valence-electron chi connectivity index (χ2n) is 6.04. The molecule has 1 atom stereocenters. The smallest absolute Gasteiger partial charge is 0.245 e. The van der Waals surface area contributed by atoms with Gasteiger partial charge in [-0.05, 0) is 31.2 Å². The van der Waals surface area contributed by atoms with Crippen molar-refractivity contribution in [3.63, 3.8) is 0 Å². The van der Waals surface area contributed by atoms with Crippen molar-refractivity contribution in [3.8, 4) is 5.75 Å². The van der Waals surface area contributed by atoms with Crippen LogP contribution in [0.25, 0.3) is 0 Å². The van der Waals surface area contributed by atoms with Crippen LogP contribution in [0, 0.1) is 0 Å². The number of likely N-dealkylation sites (N-methyl/N-ethyl adjacent to an activating group) is 1. The average molecular weight is 445 g/mol. The zero-order valence-electron chi connectivity index (χ0n) is 15.8. The molecule has 0 spiro atoms. The number of nitrogens with one attached hydrogen (secondary N) is 1. The maximum Gasteiger partial charge on any atom is 0.245 e. The molecule has 0 heterocycles. The van der Waals surface area contributed by atoms with Crippen molar-refractivity contribution in [2.75, 3.05) is 20.2 Å². The highest BCUT2D eigenvalue weighted by Crippen LogP contribution is 2.28. The van der Waals surface area contributed by atoms with E-state index in [1.165, 1.54) is 18.2 Å². The number of sulfonamides is 1. The lowest BCUT2D eigenvalue weighted by Crippen LogP contribution is -2.41. The molecule has 28 heavy (non-hydrogen) atoms. The third-order valence-electron chi connectivity index (χ3n) is 4.17. The fraction of sp³-hybridized carbons (Fsp3) is 0.316. The molecule has 0 unspecified atom stereocenters. The van der Waals surface area contributed by atoms with Crippen molar-refractivity contribution in [1.82, 2.24) is 9.62 Å². The molecule has 0 aliphatic heterocycles. The van der Waals surface area contributed by atoms with Gasteiger partial charge >= 0.3 is 0 Å². The van der Waals surface area contributed by atoms with Gasteiger partial charge in [0.15, 0.2) is 0 Å². The standard InChI is InChI=1S/C19H22Cl2N2O4S/c1-4-23(28(25,26)18-11-14(20)9-10-16(18)21)12-19(24)22-13(2)15-7-5-6-8-17(15)27-3/h5-11,13H,4,12H2,1-3H3,(H,22,24)/t13-/m1/s1. The van der Waals surface area contributed by atoms with Gasteiger partial charge in [-0.25, -0.2) is 8.42 Å². The van der Waals surface area contributed by atoms with Crippen molar-refractivity contribution >= 4 is 39.1 Å². The Morgan fingerprint density at radius 1 is 1.21 bits per heavy atom. The number of nitrogens with zero attached hydrogens (tertiary/aromatic N) is 1. The Morgan fingerprint density at radius 3 is 2.54 bits per heavy atom. The number of para-hydroxylation sites is 1. The number of halogens is 2. The minimum Gasteiger partial charge on any atom is -0.496 e. The molecule has 6 nitrogen and oxygen atoms in total. The summed E-state index contributed by atoms with van der Waals surface area (Å²) in [4.78, 5) is 12.4. The molecule has 152 valence electrons. The lowest BCUT2D eigenvalue weighted by atomic mass is 10.1. The summed E-state index contributed by atoms with van der Waals surface area (Å²) >= 11 is 11.9. The molecule has 2 aromatic rings. The third-order valence-corrected chi connectivity index (χ3v) is 6.80. The summed E-state index contributed by atoms with van der Waals surface area (Å²) in [5, 5.41) is 3.09. The summed E-state index contributed by atoms with van der Waals surface area (Å²) in [6, 6.07) is 11.1. The van der Waals surface area contributed by atoms with Gasteiger partial charge in [0.1, 0.15) is 10.6 Å². The van der Waals surface area contributed by atoms with Crippen molar-refractivity contribution in [1.29, 1.82) is 0 Å². The first kappa shape index (κ1) is 22.5. The molecule has 0 bridgehead atoms. The van der Waals surface area contributed by atoms with Gasteiger partial charge in [-0.3, -0.25) is 4.79 Å². The topological polar surface area (TPSA) is 75.7 Å². The highest BCUT2D eigenvalue weighted by molar-refractivity contribution is 7.89. The van der Waals surface area contributed by atoms with Gasteiger partial charge in [0, 0.05) is 17.1 Å². The number of carbonyl (C=O) groups excluding carboxylic acids is 1. The first-order valence-electron chi connectivity index (χ1n) is 8.58. The van der Waals surface area contributed by atoms with Crippen molar-refractivity contribution in [2.24, 2.45) is 0 Å². The Balaban J connectivity index is 2.17. The summed E-state index contributed by atoms with van der Waals surface area (Å²) in [7, 11) is -2.43. The molecule has 0 saturated heterocycles. The van der Waals surface area contributed by atoms with E-state index in [4.69, 9.17) is 27.9 Å². The number of methoxy groups -OCH3 is 1. The maximum atomic E-state index is 12.9. The van der Waals surface area contributed by atoms with Gasteiger partial charge in [0.05, 0.1) is 24.7 Å². The largest absolute Gasteiger partial charge is 0.496 e. The van der Waals surface area contributed by atoms with Crippen LogP contribution in [0.2, 0.25) is 10.0 Å². The highest BCUT2D eigenvalue weighted by Gasteiger charge is 2.28. The molecule has 0 radical (unpaired) electrons. The number of rotatable bonds is 8. The lowest BCUT2D eigenvalue weighted by Gasteiger charge is -2.23. The summed E-state index contributed by atoms with van der Waals surface area (Å²) < 4.78 is 32.2. The van der Waals surface area contributed by atoms with Gasteiger partial charge in [-0.2, -0.15) is 4.31 Å². The molecule has 0 aliphatic rings. The average Bonchev–Trinajstić information content (AvgIpc) is 2.67. The van der Waals surface area contributed by atoms with Crippen molar-refractivity contribution in [3.05, 3.63) is 58.1 Å². The summed E-state index contributed by atoms with van der Waals surface area (Å²) in [6.07, 6.45) is 0. The predicted octanol–water partition coefficient (Wildman–Crippen LogP) is 3.89. The zero-order chi connectivity index (χ0) is 20.9. The fourth-order valence-corrected chi connectivity index (χ4v) is 4.87. The monoisotopic (exact) mass is 444 g/mol. The van der Waals surface area contributed by atoms with E-state index < -0.39 is 15.9 Å². The van der Waals surface area contributed by atoms with Crippen LogP contribution >= 0.6 is 23.2 Å². The van der Waals surface area contributed by atoms with Gasteiger partial charge in [0.2, 0.25) is 15.9 Å². The van der Waals surface area contributed by atoms with Gasteiger partial charge in [0.25, 0.3) is 0 Å². The van der Waals surface area contributed by atoms with Crippen LogP contribution in [0.1, 0.15) is 25.5 Å². The minimum absolute atomic E-state index is 0.0469. The Labute approximate surface area is 175 Å². The minimum atomic E-state index is -3.98. The Kier molecular flexibility index (Phi) is 7.71. The first-order valence-corrected chi connectivity index (χ1v) is 10.8. The van der Waals surface area contributed by atoms with Crippen LogP contribution in [0.4, 0.5) is 0 Å². The van der Waals surface area contributed by atoms with Crippen LogP contribution in [-0.2, 0) is 14.8 Å². The molecule has 0 saturated carbocycles. The Morgan fingerprint density at radius 2 is 1.89 bits per heavy atom. The molecular weight excluding hydrogens is 423 g/mol. The SMILES string of the molecule is CCN(CC(=O)N[C@H](C)c1ccccc1OC)S(=O)(=O)c1cc(Cl)ccc1Cl. The number of ether oxygens (including phenoxy) is 1. The number of amides is 1. The number of hydrogen-bond acceptors (Lipinski definition) is 4. The van der Waals surface area contributed by atoms with E-state index in [2.05, 4.69) is 5.32 Å². The van der Waals surface area contributed by atoms with Crippen LogP contribution < -0.4 is 10.1 Å². The normalized spacial score (nSPS) is 12.6. The van der Waals surface area contributed by atoms with E-state index >= 15 is 0 Å².